The molecule has 2 aromatic carbocycles. The lowest BCUT2D eigenvalue weighted by Gasteiger charge is -2.35. The molecule has 0 aliphatic heterocycles. The smallest absolute Gasteiger partial charge is 0.136 e. The number of nitrogens with zero attached hydrogens (tertiary/aromatic N) is 2. The van der Waals surface area contributed by atoms with E-state index in [9.17, 15) is 0 Å². The van der Waals surface area contributed by atoms with Crippen molar-refractivity contribution in [2.75, 3.05) is 19.5 Å². The molecule has 0 unspecified atom stereocenters. The number of anilines is 1. The molecule has 0 radical (unpaired) electrons. The maximum Gasteiger partial charge on any atom is 0.136 e. The van der Waals surface area contributed by atoms with Crippen LogP contribution < -0.4 is 21.3 Å². The lowest BCUT2D eigenvalue weighted by molar-refractivity contribution is 0.0163. The molecular formula is C22H25FN6O2. The Morgan fingerprint density at radius 1 is 1.19 bits per heavy atom. The van der Waals surface area contributed by atoms with Crippen LogP contribution in [0.3, 0.4) is 0 Å². The van der Waals surface area contributed by atoms with E-state index >= 15 is 4.39 Å². The van der Waals surface area contributed by atoms with Gasteiger partial charge in [-0.2, -0.15) is 10.6 Å². The van der Waals surface area contributed by atoms with Crippen molar-refractivity contribution in [1.82, 2.24) is 15.3 Å². The summed E-state index contributed by atoms with van der Waals surface area (Å²) in [6, 6.07) is 14.1. The number of aromatic nitrogens is 2. The topological polar surface area (TPSA) is 110 Å². The normalized spacial score (nSPS) is 17.8. The molecule has 1 fully saturated rings. The van der Waals surface area contributed by atoms with Crippen molar-refractivity contribution >= 4 is 11.7 Å². The fourth-order valence-electron chi connectivity index (χ4n) is 3.81. The lowest BCUT2D eigenvalue weighted by Crippen LogP contribution is -2.42. The number of nitrogen functional groups attached to an aromatic ring is 1. The second-order valence-corrected chi connectivity index (χ2v) is 7.38. The summed E-state index contributed by atoms with van der Waals surface area (Å²) in [5.41, 5.74) is 9.75. The highest BCUT2D eigenvalue weighted by molar-refractivity contribution is 6.05. The van der Waals surface area contributed by atoms with Crippen LogP contribution in [-0.2, 0) is 4.84 Å². The standard InChI is InChI=1S/C22H25FN6O2/c1-26-22-19(21(24)25)20(27-29(22)14-10-13(11-14)28-30-2)17-9-8-16(12-18(17)23)31-15-6-4-3-5-7-15/h3-9,12-14,26,28H,10-11H2,1-2H3,(H3,24,25). The van der Waals surface area contributed by atoms with Crippen LogP contribution in [0, 0.1) is 11.2 Å². The predicted molar refractivity (Wildman–Crippen MR) is 117 cm³/mol. The SMILES string of the molecule is CNc1c(C(=N)N)c(-c2ccc(Oc3ccccc3)cc2F)nn1C1CC(NOC)C1. The Morgan fingerprint density at radius 3 is 2.55 bits per heavy atom. The van der Waals surface area contributed by atoms with E-state index < -0.39 is 5.82 Å². The minimum absolute atomic E-state index is 0.0886. The third kappa shape index (κ3) is 4.10. The van der Waals surface area contributed by atoms with Gasteiger partial charge in [0.05, 0.1) is 18.7 Å². The van der Waals surface area contributed by atoms with Gasteiger partial charge in [0, 0.05) is 24.7 Å². The quantitative estimate of drug-likeness (QED) is 0.250. The average molecular weight is 424 g/mol. The molecule has 0 atom stereocenters. The Bertz CT molecular complexity index is 1080. The predicted octanol–water partition coefficient (Wildman–Crippen LogP) is 3.66. The molecule has 0 amide bonds. The van der Waals surface area contributed by atoms with E-state index in [4.69, 9.17) is 20.7 Å². The number of nitrogens with two attached hydrogens (primary N) is 1. The molecule has 0 spiro atoms. The van der Waals surface area contributed by atoms with Crippen LogP contribution in [-0.4, -0.2) is 35.8 Å². The number of halogens is 1. The van der Waals surface area contributed by atoms with E-state index in [1.165, 1.54) is 6.07 Å². The van der Waals surface area contributed by atoms with Gasteiger partial charge in [-0.05, 0) is 37.1 Å². The number of hydrogen-bond acceptors (Lipinski definition) is 6. The van der Waals surface area contributed by atoms with Crippen molar-refractivity contribution in [2.45, 2.75) is 24.9 Å². The minimum Gasteiger partial charge on any atom is -0.457 e. The van der Waals surface area contributed by atoms with Crippen LogP contribution in [0.2, 0.25) is 0 Å². The van der Waals surface area contributed by atoms with Crippen LogP contribution in [0.4, 0.5) is 10.2 Å². The Hall–Kier alpha value is -3.43. The van der Waals surface area contributed by atoms with E-state index in [-0.39, 0.29) is 23.5 Å². The molecular weight excluding hydrogens is 399 g/mol. The summed E-state index contributed by atoms with van der Waals surface area (Å²) >= 11 is 0. The van der Waals surface area contributed by atoms with Gasteiger partial charge in [-0.25, -0.2) is 9.07 Å². The van der Waals surface area contributed by atoms with E-state index in [0.29, 0.717) is 28.6 Å². The Labute approximate surface area is 179 Å². The first-order valence-electron chi connectivity index (χ1n) is 9.97. The first kappa shape index (κ1) is 20.8. The second-order valence-electron chi connectivity index (χ2n) is 7.38. The van der Waals surface area contributed by atoms with Gasteiger partial charge < -0.3 is 20.6 Å². The molecule has 5 N–H and O–H groups in total. The van der Waals surface area contributed by atoms with Crippen molar-refractivity contribution in [3.05, 3.63) is 59.9 Å². The minimum atomic E-state index is -0.504. The molecule has 8 nitrogen and oxygen atoms in total. The van der Waals surface area contributed by atoms with Crippen LogP contribution in [0.15, 0.2) is 48.5 Å². The van der Waals surface area contributed by atoms with E-state index in [1.54, 1.807) is 43.1 Å². The van der Waals surface area contributed by atoms with Gasteiger partial charge in [0.1, 0.15) is 34.7 Å². The lowest BCUT2D eigenvalue weighted by atomic mass is 9.87. The van der Waals surface area contributed by atoms with Gasteiger partial charge in [-0.3, -0.25) is 5.41 Å². The molecule has 0 saturated heterocycles. The average Bonchev–Trinajstić information content (AvgIpc) is 3.10. The maximum absolute atomic E-state index is 15.1. The zero-order valence-electron chi connectivity index (χ0n) is 17.4. The summed E-state index contributed by atoms with van der Waals surface area (Å²) in [6.07, 6.45) is 1.60. The number of hydroxylamine groups is 1. The number of benzene rings is 2. The molecule has 1 heterocycles. The summed E-state index contributed by atoms with van der Waals surface area (Å²) in [7, 11) is 3.32. The molecule has 31 heavy (non-hydrogen) atoms. The van der Waals surface area contributed by atoms with Crippen LogP contribution >= 0.6 is 0 Å². The van der Waals surface area contributed by atoms with Gasteiger partial charge in [0.25, 0.3) is 0 Å². The highest BCUT2D eigenvalue weighted by Crippen LogP contribution is 2.39. The van der Waals surface area contributed by atoms with E-state index in [1.807, 2.05) is 18.2 Å². The van der Waals surface area contributed by atoms with Gasteiger partial charge in [0.2, 0.25) is 0 Å². The van der Waals surface area contributed by atoms with Gasteiger partial charge >= 0.3 is 0 Å². The number of ether oxygens (including phenoxy) is 1. The fraction of sp³-hybridized carbons (Fsp3) is 0.273. The van der Waals surface area contributed by atoms with Crippen molar-refractivity contribution in [3.8, 4) is 22.8 Å². The van der Waals surface area contributed by atoms with Crippen molar-refractivity contribution in [2.24, 2.45) is 5.73 Å². The first-order chi connectivity index (χ1) is 15.0. The van der Waals surface area contributed by atoms with Crippen molar-refractivity contribution < 1.29 is 14.0 Å². The fourth-order valence-corrected chi connectivity index (χ4v) is 3.81. The number of nitrogens with one attached hydrogen (secondary N) is 3. The zero-order valence-corrected chi connectivity index (χ0v) is 17.4. The maximum atomic E-state index is 15.1. The third-order valence-corrected chi connectivity index (χ3v) is 5.33. The summed E-state index contributed by atoms with van der Waals surface area (Å²) in [5, 5.41) is 15.8. The Morgan fingerprint density at radius 2 is 1.94 bits per heavy atom. The molecule has 0 bridgehead atoms. The third-order valence-electron chi connectivity index (χ3n) is 5.33. The van der Waals surface area contributed by atoms with Gasteiger partial charge in [-0.1, -0.05) is 18.2 Å². The van der Waals surface area contributed by atoms with E-state index in [2.05, 4.69) is 15.9 Å². The summed E-state index contributed by atoms with van der Waals surface area (Å²) in [6.45, 7) is 0. The summed E-state index contributed by atoms with van der Waals surface area (Å²) < 4.78 is 22.6. The van der Waals surface area contributed by atoms with Crippen LogP contribution in [0.25, 0.3) is 11.3 Å². The zero-order chi connectivity index (χ0) is 22.0. The van der Waals surface area contributed by atoms with Gasteiger partial charge in [0.15, 0.2) is 0 Å². The number of amidine groups is 1. The van der Waals surface area contributed by atoms with E-state index in [0.717, 1.165) is 12.8 Å². The first-order valence-corrected chi connectivity index (χ1v) is 9.97. The van der Waals surface area contributed by atoms with Crippen LogP contribution in [0.1, 0.15) is 24.4 Å². The highest BCUT2D eigenvalue weighted by atomic mass is 19.1. The second kappa shape index (κ2) is 8.75. The molecule has 1 aromatic heterocycles. The monoisotopic (exact) mass is 424 g/mol. The molecule has 3 aromatic rings. The molecule has 1 aliphatic carbocycles. The number of para-hydroxylation sites is 1. The highest BCUT2D eigenvalue weighted by Gasteiger charge is 2.35. The van der Waals surface area contributed by atoms with Crippen LogP contribution in [0.5, 0.6) is 11.5 Å². The Balaban J connectivity index is 1.68. The number of hydrogen-bond donors (Lipinski definition) is 4. The van der Waals surface area contributed by atoms with Gasteiger partial charge in [-0.15, -0.1) is 0 Å². The van der Waals surface area contributed by atoms with Crippen molar-refractivity contribution in [3.63, 3.8) is 0 Å². The number of rotatable bonds is 8. The summed E-state index contributed by atoms with van der Waals surface area (Å²) in [5.74, 6) is 0.895. The molecule has 4 rings (SSSR count). The Kier molecular flexibility index (Phi) is 5.88. The van der Waals surface area contributed by atoms with Crippen molar-refractivity contribution in [1.29, 1.82) is 5.41 Å². The largest absolute Gasteiger partial charge is 0.457 e. The molecule has 1 aliphatic rings. The molecule has 1 saturated carbocycles. The summed E-state index contributed by atoms with van der Waals surface area (Å²) in [4.78, 5) is 4.98. The molecule has 9 heteroatoms. The molecule has 162 valence electrons.